The molecule has 3 fully saturated rings. The second-order valence-corrected chi connectivity index (χ2v) is 11.8. The zero-order valence-corrected chi connectivity index (χ0v) is 24.2. The third kappa shape index (κ3) is 5.31. The Morgan fingerprint density at radius 1 is 0.837 bits per heavy atom. The molecule has 4 heterocycles. The van der Waals surface area contributed by atoms with Crippen molar-refractivity contribution in [2.75, 3.05) is 37.7 Å². The molecule has 0 radical (unpaired) electrons. The molecule has 4 aliphatic rings. The molecule has 4 aliphatic heterocycles. The minimum atomic E-state index is -0.712. The van der Waals surface area contributed by atoms with Crippen molar-refractivity contribution >= 4 is 17.5 Å². The molecular formula is C34H36N2O7. The van der Waals surface area contributed by atoms with Crippen LogP contribution in [-0.2, 0) is 25.6 Å². The van der Waals surface area contributed by atoms with Crippen molar-refractivity contribution in [3.8, 4) is 0 Å². The van der Waals surface area contributed by atoms with E-state index in [2.05, 4.69) is 11.8 Å². The van der Waals surface area contributed by atoms with Crippen LogP contribution in [0.4, 0.5) is 5.69 Å². The van der Waals surface area contributed by atoms with Crippen LogP contribution in [0.3, 0.4) is 0 Å². The quantitative estimate of drug-likeness (QED) is 0.420. The van der Waals surface area contributed by atoms with Gasteiger partial charge in [0.05, 0.1) is 48.8 Å². The molecule has 3 aromatic carbocycles. The van der Waals surface area contributed by atoms with Crippen molar-refractivity contribution in [2.45, 2.75) is 50.7 Å². The fraction of sp³-hybridized carbons (Fsp3) is 0.412. The van der Waals surface area contributed by atoms with Crippen molar-refractivity contribution in [3.63, 3.8) is 0 Å². The van der Waals surface area contributed by atoms with E-state index in [1.165, 1.54) is 4.90 Å². The standard InChI is InChI=1S/C34H36N2O7/c1-22-29(20-35-15-13-34(14-16-35)40-17-18-41-34)42-33(43-30(22)24-11-9-23(21-37)10-12-24)25-5-4-6-26(19-25)36-31(38)27-7-2-3-8-28(27)32(36)39/h2-12,19,22,29-30,33,37H,13-18,20-21H2,1H3/t22-,29+,30+,33+/m0/s1. The highest BCUT2D eigenvalue weighted by atomic mass is 16.7. The molecule has 0 bridgehead atoms. The first-order valence-corrected chi connectivity index (χ1v) is 15.0. The number of anilines is 1. The van der Waals surface area contributed by atoms with Gasteiger partial charge in [-0.25, -0.2) is 4.90 Å². The number of nitrogens with zero attached hydrogens (tertiary/aromatic N) is 2. The molecule has 7 rings (SSSR count). The van der Waals surface area contributed by atoms with E-state index in [4.69, 9.17) is 18.9 Å². The monoisotopic (exact) mass is 584 g/mol. The lowest BCUT2D eigenvalue weighted by molar-refractivity contribution is -0.278. The average Bonchev–Trinajstić information content (AvgIpc) is 3.61. The van der Waals surface area contributed by atoms with Crippen LogP contribution in [0.25, 0.3) is 0 Å². The highest BCUT2D eigenvalue weighted by Gasteiger charge is 2.43. The SMILES string of the molecule is C[C@H]1[C@@H](CN2CCC3(CC2)OCCO3)O[C@@H](c2cccc(N3C(=O)c4ccccc4C3=O)c2)O[C@H]1c1ccc(CO)cc1. The number of likely N-dealkylation sites (tertiary alicyclic amines) is 1. The molecule has 3 saturated heterocycles. The number of hydrogen-bond donors (Lipinski definition) is 1. The summed E-state index contributed by atoms with van der Waals surface area (Å²) in [4.78, 5) is 30.0. The van der Waals surface area contributed by atoms with Gasteiger partial charge in [-0.2, -0.15) is 0 Å². The first kappa shape index (κ1) is 28.3. The maximum absolute atomic E-state index is 13.2. The van der Waals surface area contributed by atoms with E-state index in [0.29, 0.717) is 30.0 Å². The molecule has 1 N–H and O–H groups in total. The number of piperidine rings is 1. The van der Waals surface area contributed by atoms with Crippen LogP contribution in [0.1, 0.15) is 69.6 Å². The van der Waals surface area contributed by atoms with Crippen molar-refractivity contribution in [1.29, 1.82) is 0 Å². The Labute approximate surface area is 250 Å². The van der Waals surface area contributed by atoms with Crippen LogP contribution < -0.4 is 4.90 Å². The molecule has 0 aromatic heterocycles. The number of carbonyl (C=O) groups is 2. The second-order valence-electron chi connectivity index (χ2n) is 11.8. The van der Waals surface area contributed by atoms with Gasteiger partial charge in [0, 0.05) is 44.0 Å². The number of imide groups is 1. The van der Waals surface area contributed by atoms with Gasteiger partial charge in [0.1, 0.15) is 0 Å². The minimum Gasteiger partial charge on any atom is -0.392 e. The highest BCUT2D eigenvalue weighted by molar-refractivity contribution is 6.34. The van der Waals surface area contributed by atoms with E-state index >= 15 is 0 Å². The molecule has 1 spiro atoms. The zero-order valence-electron chi connectivity index (χ0n) is 24.2. The van der Waals surface area contributed by atoms with Crippen LogP contribution in [0.5, 0.6) is 0 Å². The molecule has 224 valence electrons. The number of aliphatic hydroxyl groups is 1. The molecule has 9 heteroatoms. The van der Waals surface area contributed by atoms with Gasteiger partial charge in [0.15, 0.2) is 12.1 Å². The fourth-order valence-electron chi connectivity index (χ4n) is 6.68. The lowest BCUT2D eigenvalue weighted by atomic mass is 9.89. The van der Waals surface area contributed by atoms with Gasteiger partial charge < -0.3 is 29.0 Å². The Hall–Kier alpha value is -3.44. The van der Waals surface area contributed by atoms with Gasteiger partial charge in [-0.1, -0.05) is 55.5 Å². The molecule has 3 aromatic rings. The summed E-state index contributed by atoms with van der Waals surface area (Å²) in [6.45, 7) is 5.85. The highest BCUT2D eigenvalue weighted by Crippen LogP contribution is 2.43. The van der Waals surface area contributed by atoms with Gasteiger partial charge in [0.2, 0.25) is 0 Å². The zero-order chi connectivity index (χ0) is 29.6. The Morgan fingerprint density at radius 2 is 1.51 bits per heavy atom. The number of aliphatic hydroxyl groups excluding tert-OH is 1. The Kier molecular flexibility index (Phi) is 7.63. The number of hydrogen-bond acceptors (Lipinski definition) is 8. The summed E-state index contributed by atoms with van der Waals surface area (Å²) in [7, 11) is 0. The maximum Gasteiger partial charge on any atom is 0.266 e. The van der Waals surface area contributed by atoms with E-state index in [1.807, 2.05) is 42.5 Å². The lowest BCUT2D eigenvalue weighted by Gasteiger charge is -2.44. The topological polar surface area (TPSA) is 97.8 Å². The predicted octanol–water partition coefficient (Wildman–Crippen LogP) is 4.61. The number of fused-ring (bicyclic) bond motifs is 1. The van der Waals surface area contributed by atoms with Crippen molar-refractivity contribution in [1.82, 2.24) is 4.90 Å². The summed E-state index contributed by atoms with van der Waals surface area (Å²) in [5, 5.41) is 9.57. The second kappa shape index (κ2) is 11.6. The molecule has 0 aliphatic carbocycles. The van der Waals surface area contributed by atoms with Gasteiger partial charge in [0.25, 0.3) is 11.8 Å². The first-order valence-electron chi connectivity index (χ1n) is 15.0. The fourth-order valence-corrected chi connectivity index (χ4v) is 6.68. The molecule has 2 amide bonds. The Bertz CT molecular complexity index is 1460. The van der Waals surface area contributed by atoms with Gasteiger partial charge in [-0.05, 0) is 35.4 Å². The molecule has 0 saturated carbocycles. The van der Waals surface area contributed by atoms with E-state index in [-0.39, 0.29) is 36.5 Å². The van der Waals surface area contributed by atoms with E-state index in [9.17, 15) is 14.7 Å². The molecule has 9 nitrogen and oxygen atoms in total. The van der Waals surface area contributed by atoms with Gasteiger partial charge >= 0.3 is 0 Å². The smallest absolute Gasteiger partial charge is 0.266 e. The number of amides is 2. The summed E-state index contributed by atoms with van der Waals surface area (Å²) in [6, 6.07) is 22.0. The number of carbonyl (C=O) groups excluding carboxylic acids is 2. The third-order valence-corrected chi connectivity index (χ3v) is 9.19. The van der Waals surface area contributed by atoms with Gasteiger partial charge in [-0.15, -0.1) is 0 Å². The van der Waals surface area contributed by atoms with E-state index in [0.717, 1.165) is 49.2 Å². The normalized spacial score (nSPS) is 27.2. The van der Waals surface area contributed by atoms with Crippen molar-refractivity contribution in [3.05, 3.63) is 101 Å². The molecular weight excluding hydrogens is 548 g/mol. The average molecular weight is 585 g/mol. The minimum absolute atomic E-state index is 0.0236. The largest absolute Gasteiger partial charge is 0.392 e. The molecule has 43 heavy (non-hydrogen) atoms. The van der Waals surface area contributed by atoms with Crippen LogP contribution in [0.2, 0.25) is 0 Å². The van der Waals surface area contributed by atoms with Crippen LogP contribution in [0, 0.1) is 5.92 Å². The first-order chi connectivity index (χ1) is 20.9. The Balaban J connectivity index is 1.15. The van der Waals surface area contributed by atoms with E-state index < -0.39 is 12.1 Å². The Morgan fingerprint density at radius 3 is 2.16 bits per heavy atom. The molecule has 0 unspecified atom stereocenters. The summed E-state index contributed by atoms with van der Waals surface area (Å²) in [5.74, 6) is -1.09. The summed E-state index contributed by atoms with van der Waals surface area (Å²) in [6.07, 6.45) is 0.516. The predicted molar refractivity (Wildman–Crippen MR) is 157 cm³/mol. The number of rotatable bonds is 6. The van der Waals surface area contributed by atoms with Crippen LogP contribution in [-0.4, -0.2) is 66.6 Å². The lowest BCUT2D eigenvalue weighted by Crippen LogP contribution is -2.50. The molecule has 4 atom stereocenters. The van der Waals surface area contributed by atoms with Crippen LogP contribution in [0.15, 0.2) is 72.8 Å². The number of ether oxygens (including phenoxy) is 4. The summed E-state index contributed by atoms with van der Waals surface area (Å²) in [5.41, 5.74) is 3.86. The van der Waals surface area contributed by atoms with Crippen LogP contribution >= 0.6 is 0 Å². The third-order valence-electron chi connectivity index (χ3n) is 9.19. The maximum atomic E-state index is 13.2. The summed E-state index contributed by atoms with van der Waals surface area (Å²) < 4.78 is 25.2. The summed E-state index contributed by atoms with van der Waals surface area (Å²) >= 11 is 0. The van der Waals surface area contributed by atoms with Crippen molar-refractivity contribution in [2.24, 2.45) is 5.92 Å². The van der Waals surface area contributed by atoms with Crippen molar-refractivity contribution < 1.29 is 33.6 Å². The van der Waals surface area contributed by atoms with E-state index in [1.54, 1.807) is 30.3 Å². The number of benzene rings is 3. The van der Waals surface area contributed by atoms with Gasteiger partial charge in [-0.3, -0.25) is 9.59 Å².